The fourth-order valence-corrected chi connectivity index (χ4v) is 3.33. The van der Waals surface area contributed by atoms with Crippen molar-refractivity contribution in [2.45, 2.75) is 36.3 Å². The SMILES string of the molecule is COC1CCCC1Nc1ccccc1S(C)(=O)=O. The molecule has 0 amide bonds. The van der Waals surface area contributed by atoms with Crippen molar-refractivity contribution < 1.29 is 13.2 Å². The zero-order valence-electron chi connectivity index (χ0n) is 10.7. The largest absolute Gasteiger partial charge is 0.379 e. The van der Waals surface area contributed by atoms with Gasteiger partial charge in [0.05, 0.1) is 22.7 Å². The lowest BCUT2D eigenvalue weighted by molar-refractivity contribution is 0.101. The zero-order chi connectivity index (χ0) is 13.2. The summed E-state index contributed by atoms with van der Waals surface area (Å²) in [6.07, 6.45) is 4.54. The van der Waals surface area contributed by atoms with Crippen LogP contribution in [0.15, 0.2) is 29.2 Å². The van der Waals surface area contributed by atoms with Crippen LogP contribution < -0.4 is 5.32 Å². The predicted octanol–water partition coefficient (Wildman–Crippen LogP) is 2.07. The van der Waals surface area contributed by atoms with E-state index in [2.05, 4.69) is 5.32 Å². The highest BCUT2D eigenvalue weighted by Gasteiger charge is 2.28. The lowest BCUT2D eigenvalue weighted by Crippen LogP contribution is -2.30. The van der Waals surface area contributed by atoms with Gasteiger partial charge in [-0.15, -0.1) is 0 Å². The van der Waals surface area contributed by atoms with E-state index >= 15 is 0 Å². The summed E-state index contributed by atoms with van der Waals surface area (Å²) in [6.45, 7) is 0. The second kappa shape index (κ2) is 5.28. The first-order valence-corrected chi connectivity index (χ1v) is 8.00. The summed E-state index contributed by atoms with van der Waals surface area (Å²) in [5.74, 6) is 0. The molecular formula is C13H19NO3S. The van der Waals surface area contributed by atoms with Crippen molar-refractivity contribution in [3.63, 3.8) is 0 Å². The van der Waals surface area contributed by atoms with E-state index in [-0.39, 0.29) is 12.1 Å². The van der Waals surface area contributed by atoms with E-state index in [1.54, 1.807) is 25.3 Å². The molecule has 1 aromatic carbocycles. The summed E-state index contributed by atoms with van der Waals surface area (Å²) in [5.41, 5.74) is 0.675. The van der Waals surface area contributed by atoms with Gasteiger partial charge in [-0.3, -0.25) is 0 Å². The van der Waals surface area contributed by atoms with Gasteiger partial charge in [0.25, 0.3) is 0 Å². The Morgan fingerprint density at radius 3 is 2.67 bits per heavy atom. The molecule has 0 bridgehead atoms. The molecule has 5 heteroatoms. The van der Waals surface area contributed by atoms with Crippen molar-refractivity contribution in [2.24, 2.45) is 0 Å². The van der Waals surface area contributed by atoms with E-state index in [1.165, 1.54) is 6.26 Å². The summed E-state index contributed by atoms with van der Waals surface area (Å²) >= 11 is 0. The number of benzene rings is 1. The molecule has 1 N–H and O–H groups in total. The van der Waals surface area contributed by atoms with E-state index in [0.29, 0.717) is 10.6 Å². The molecule has 2 rings (SSSR count). The molecule has 18 heavy (non-hydrogen) atoms. The van der Waals surface area contributed by atoms with Crippen LogP contribution in [0, 0.1) is 0 Å². The van der Waals surface area contributed by atoms with E-state index in [0.717, 1.165) is 19.3 Å². The Morgan fingerprint density at radius 2 is 2.00 bits per heavy atom. The fraction of sp³-hybridized carbons (Fsp3) is 0.538. The first kappa shape index (κ1) is 13.4. The molecule has 1 aliphatic rings. The normalized spacial score (nSPS) is 24.1. The monoisotopic (exact) mass is 269 g/mol. The van der Waals surface area contributed by atoms with Gasteiger partial charge in [-0.25, -0.2) is 8.42 Å². The van der Waals surface area contributed by atoms with Crippen LogP contribution in [-0.4, -0.2) is 33.9 Å². The molecule has 0 heterocycles. The number of hydrogen-bond acceptors (Lipinski definition) is 4. The predicted molar refractivity (Wildman–Crippen MR) is 71.6 cm³/mol. The van der Waals surface area contributed by atoms with Crippen LogP contribution in [0.4, 0.5) is 5.69 Å². The number of rotatable bonds is 4. The molecule has 0 radical (unpaired) electrons. The van der Waals surface area contributed by atoms with Crippen LogP contribution in [-0.2, 0) is 14.6 Å². The van der Waals surface area contributed by atoms with Gasteiger partial charge in [0.15, 0.2) is 9.84 Å². The third-order valence-corrected chi connectivity index (χ3v) is 4.54. The Bertz CT molecular complexity index is 513. The number of ether oxygens (including phenoxy) is 1. The quantitative estimate of drug-likeness (QED) is 0.909. The third kappa shape index (κ3) is 2.84. The molecule has 0 saturated heterocycles. The van der Waals surface area contributed by atoms with Crippen LogP contribution in [0.3, 0.4) is 0 Å². The number of nitrogens with one attached hydrogen (secondary N) is 1. The van der Waals surface area contributed by atoms with E-state index in [4.69, 9.17) is 4.74 Å². The Hall–Kier alpha value is -1.07. The number of methoxy groups -OCH3 is 1. The van der Waals surface area contributed by atoms with Gasteiger partial charge in [-0.1, -0.05) is 12.1 Å². The standard InChI is InChI=1S/C13H19NO3S/c1-17-12-8-5-7-10(12)14-11-6-3-4-9-13(11)18(2,15)16/h3-4,6,9-10,12,14H,5,7-8H2,1-2H3. The summed E-state index contributed by atoms with van der Waals surface area (Å²) in [5, 5.41) is 3.31. The average molecular weight is 269 g/mol. The van der Waals surface area contributed by atoms with E-state index in [9.17, 15) is 8.42 Å². The lowest BCUT2D eigenvalue weighted by Gasteiger charge is -2.22. The van der Waals surface area contributed by atoms with E-state index in [1.807, 2.05) is 6.07 Å². The average Bonchev–Trinajstić information content (AvgIpc) is 2.75. The van der Waals surface area contributed by atoms with Gasteiger partial charge < -0.3 is 10.1 Å². The molecule has 4 nitrogen and oxygen atoms in total. The van der Waals surface area contributed by atoms with Crippen molar-refractivity contribution in [3.05, 3.63) is 24.3 Å². The van der Waals surface area contributed by atoms with Crippen molar-refractivity contribution in [1.82, 2.24) is 0 Å². The number of hydrogen-bond donors (Lipinski definition) is 1. The van der Waals surface area contributed by atoms with Crippen LogP contribution >= 0.6 is 0 Å². The topological polar surface area (TPSA) is 55.4 Å². The molecule has 0 spiro atoms. The summed E-state index contributed by atoms with van der Waals surface area (Å²) in [7, 11) is -1.50. The van der Waals surface area contributed by atoms with E-state index < -0.39 is 9.84 Å². The summed E-state index contributed by atoms with van der Waals surface area (Å²) in [6, 6.07) is 7.21. The third-order valence-electron chi connectivity index (χ3n) is 3.38. The molecule has 1 aliphatic carbocycles. The lowest BCUT2D eigenvalue weighted by atomic mass is 10.2. The molecule has 100 valence electrons. The molecule has 0 aromatic heterocycles. The Balaban J connectivity index is 2.24. The number of para-hydroxylation sites is 1. The van der Waals surface area contributed by atoms with Gasteiger partial charge in [0.1, 0.15) is 0 Å². The Labute approximate surface area is 108 Å². The van der Waals surface area contributed by atoms with Crippen molar-refractivity contribution in [2.75, 3.05) is 18.7 Å². The maximum absolute atomic E-state index is 11.7. The summed E-state index contributed by atoms with van der Waals surface area (Å²) in [4.78, 5) is 0.353. The maximum Gasteiger partial charge on any atom is 0.177 e. The van der Waals surface area contributed by atoms with Gasteiger partial charge in [-0.2, -0.15) is 0 Å². The van der Waals surface area contributed by atoms with Crippen LogP contribution in [0.2, 0.25) is 0 Å². The molecule has 1 fully saturated rings. The second-order valence-electron chi connectivity index (χ2n) is 4.72. The molecule has 1 saturated carbocycles. The van der Waals surface area contributed by atoms with Gasteiger partial charge in [0.2, 0.25) is 0 Å². The first-order valence-electron chi connectivity index (χ1n) is 6.11. The summed E-state index contributed by atoms with van der Waals surface area (Å²) < 4.78 is 28.8. The highest BCUT2D eigenvalue weighted by molar-refractivity contribution is 7.90. The van der Waals surface area contributed by atoms with Crippen molar-refractivity contribution in [1.29, 1.82) is 0 Å². The molecule has 2 unspecified atom stereocenters. The fourth-order valence-electron chi connectivity index (χ4n) is 2.48. The van der Waals surface area contributed by atoms with Gasteiger partial charge in [-0.05, 0) is 31.4 Å². The minimum Gasteiger partial charge on any atom is -0.379 e. The van der Waals surface area contributed by atoms with Gasteiger partial charge in [0, 0.05) is 13.4 Å². The molecular weight excluding hydrogens is 250 g/mol. The van der Waals surface area contributed by atoms with Crippen LogP contribution in [0.25, 0.3) is 0 Å². The Kier molecular flexibility index (Phi) is 3.92. The first-order chi connectivity index (χ1) is 8.52. The zero-order valence-corrected chi connectivity index (χ0v) is 11.5. The van der Waals surface area contributed by atoms with Crippen molar-refractivity contribution in [3.8, 4) is 0 Å². The molecule has 2 atom stereocenters. The molecule has 1 aromatic rings. The molecule has 0 aliphatic heterocycles. The minimum absolute atomic E-state index is 0.164. The Morgan fingerprint density at radius 1 is 1.28 bits per heavy atom. The highest BCUT2D eigenvalue weighted by atomic mass is 32.2. The van der Waals surface area contributed by atoms with Gasteiger partial charge >= 0.3 is 0 Å². The maximum atomic E-state index is 11.7. The van der Waals surface area contributed by atoms with Crippen LogP contribution in [0.5, 0.6) is 0 Å². The minimum atomic E-state index is -3.20. The number of sulfone groups is 1. The van der Waals surface area contributed by atoms with Crippen LogP contribution in [0.1, 0.15) is 19.3 Å². The van der Waals surface area contributed by atoms with Crippen molar-refractivity contribution >= 4 is 15.5 Å². The second-order valence-corrected chi connectivity index (χ2v) is 6.71. The highest BCUT2D eigenvalue weighted by Crippen LogP contribution is 2.28. The smallest absolute Gasteiger partial charge is 0.177 e. The number of anilines is 1.